The summed E-state index contributed by atoms with van der Waals surface area (Å²) in [6.45, 7) is 2.01. The molecule has 1 spiro atoms. The molecule has 10 heteroatoms. The van der Waals surface area contributed by atoms with E-state index in [1.165, 1.54) is 7.05 Å². The zero-order valence-corrected chi connectivity index (χ0v) is 15.6. The van der Waals surface area contributed by atoms with Gasteiger partial charge in [-0.1, -0.05) is 13.0 Å². The van der Waals surface area contributed by atoms with Gasteiger partial charge in [-0.2, -0.15) is 13.2 Å². The first-order valence-electron chi connectivity index (χ1n) is 8.46. The van der Waals surface area contributed by atoms with Crippen molar-refractivity contribution in [2.24, 2.45) is 5.92 Å². The minimum absolute atomic E-state index is 0.123. The summed E-state index contributed by atoms with van der Waals surface area (Å²) in [4.78, 5) is 26.0. The molecule has 0 atom stereocenters. The number of sulfonamides is 1. The van der Waals surface area contributed by atoms with Gasteiger partial charge >= 0.3 is 12.2 Å². The molecular weight excluding hydrogens is 385 g/mol. The third kappa shape index (κ3) is 2.99. The molecule has 2 aliphatic rings. The van der Waals surface area contributed by atoms with Crippen molar-refractivity contribution in [1.82, 2.24) is 9.21 Å². The van der Waals surface area contributed by atoms with Crippen molar-refractivity contribution in [1.29, 1.82) is 0 Å². The third-order valence-electron chi connectivity index (χ3n) is 5.49. The summed E-state index contributed by atoms with van der Waals surface area (Å²) in [6.07, 6.45) is -2.79. The van der Waals surface area contributed by atoms with E-state index in [9.17, 15) is 31.2 Å². The summed E-state index contributed by atoms with van der Waals surface area (Å²) in [7, 11) is -3.39. The van der Waals surface area contributed by atoms with Crippen LogP contribution in [0.25, 0.3) is 0 Å². The molecule has 1 aromatic carbocycles. The zero-order valence-electron chi connectivity index (χ0n) is 14.8. The predicted molar refractivity (Wildman–Crippen MR) is 89.0 cm³/mol. The number of halogens is 3. The SMILES string of the molecule is CC1CCC2(CC1)C(=O)N(S(=O)(=O)c1cccc(C(F)(F)F)c1)C(=O)N2C. The van der Waals surface area contributed by atoms with Gasteiger partial charge in [0.15, 0.2) is 0 Å². The van der Waals surface area contributed by atoms with Crippen LogP contribution in [0.15, 0.2) is 29.2 Å². The topological polar surface area (TPSA) is 74.8 Å². The van der Waals surface area contributed by atoms with Crippen LogP contribution in [0.4, 0.5) is 18.0 Å². The van der Waals surface area contributed by atoms with Gasteiger partial charge in [-0.05, 0) is 49.8 Å². The number of amides is 3. The molecule has 1 saturated heterocycles. The fraction of sp³-hybridized carbons (Fsp3) is 0.529. The van der Waals surface area contributed by atoms with Crippen LogP contribution >= 0.6 is 0 Å². The first-order valence-corrected chi connectivity index (χ1v) is 9.90. The molecule has 0 aromatic heterocycles. The second-order valence-electron chi connectivity index (χ2n) is 7.16. The number of benzene rings is 1. The highest BCUT2D eigenvalue weighted by Gasteiger charge is 2.60. The molecular formula is C17H19F3N2O4S. The molecule has 1 aliphatic heterocycles. The van der Waals surface area contributed by atoms with Crippen LogP contribution in [-0.4, -0.2) is 42.1 Å². The van der Waals surface area contributed by atoms with Crippen LogP contribution in [-0.2, 0) is 21.0 Å². The molecule has 1 heterocycles. The molecule has 27 heavy (non-hydrogen) atoms. The number of alkyl halides is 3. The largest absolute Gasteiger partial charge is 0.416 e. The lowest BCUT2D eigenvalue weighted by Crippen LogP contribution is -2.50. The molecule has 148 valence electrons. The van der Waals surface area contributed by atoms with E-state index in [2.05, 4.69) is 0 Å². The second kappa shape index (κ2) is 6.22. The molecule has 1 saturated carbocycles. The number of rotatable bonds is 2. The highest BCUT2D eigenvalue weighted by Crippen LogP contribution is 2.43. The maximum absolute atomic E-state index is 13.0. The number of imide groups is 1. The van der Waals surface area contributed by atoms with E-state index in [4.69, 9.17) is 0 Å². The molecule has 3 rings (SSSR count). The number of hydrogen-bond acceptors (Lipinski definition) is 4. The van der Waals surface area contributed by atoms with Gasteiger partial charge in [0.25, 0.3) is 15.9 Å². The summed E-state index contributed by atoms with van der Waals surface area (Å²) in [5, 5.41) is 0. The standard InChI is InChI=1S/C17H19F3N2O4S/c1-11-6-8-16(9-7-11)14(23)22(15(24)21(16)2)27(25,26)13-5-3-4-12(10-13)17(18,19)20/h3-5,10-11H,6-9H2,1-2H3. The van der Waals surface area contributed by atoms with Gasteiger partial charge in [-0.3, -0.25) is 4.79 Å². The second-order valence-corrected chi connectivity index (χ2v) is 8.94. The van der Waals surface area contributed by atoms with Crippen molar-refractivity contribution in [3.05, 3.63) is 29.8 Å². The minimum atomic E-state index is -4.75. The number of carbonyl (C=O) groups is 2. The van der Waals surface area contributed by atoms with E-state index in [-0.39, 0.29) is 4.31 Å². The summed E-state index contributed by atoms with van der Waals surface area (Å²) in [6, 6.07) is 2.00. The Bertz CT molecular complexity index is 890. The zero-order chi connectivity index (χ0) is 20.2. The normalized spacial score (nSPS) is 26.9. The molecule has 2 fully saturated rings. The molecule has 0 radical (unpaired) electrons. The molecule has 0 N–H and O–H groups in total. The molecule has 0 bridgehead atoms. The number of hydrogen-bond donors (Lipinski definition) is 0. The van der Waals surface area contributed by atoms with Gasteiger partial charge < -0.3 is 4.90 Å². The monoisotopic (exact) mass is 404 g/mol. The van der Waals surface area contributed by atoms with Gasteiger partial charge in [0.05, 0.1) is 10.5 Å². The summed E-state index contributed by atoms with van der Waals surface area (Å²) >= 11 is 0. The molecule has 6 nitrogen and oxygen atoms in total. The van der Waals surface area contributed by atoms with Gasteiger partial charge in [0.1, 0.15) is 5.54 Å². The van der Waals surface area contributed by atoms with Crippen molar-refractivity contribution >= 4 is 22.0 Å². The number of likely N-dealkylation sites (N-methyl/N-ethyl adjacent to an activating group) is 1. The highest BCUT2D eigenvalue weighted by molar-refractivity contribution is 7.90. The van der Waals surface area contributed by atoms with Crippen LogP contribution in [0.5, 0.6) is 0 Å². The van der Waals surface area contributed by atoms with Gasteiger partial charge in [0, 0.05) is 7.05 Å². The van der Waals surface area contributed by atoms with E-state index in [0.717, 1.165) is 23.1 Å². The fourth-order valence-corrected chi connectivity index (χ4v) is 5.13. The van der Waals surface area contributed by atoms with Crippen LogP contribution in [0.2, 0.25) is 0 Å². The van der Waals surface area contributed by atoms with Crippen LogP contribution < -0.4 is 0 Å². The van der Waals surface area contributed by atoms with Gasteiger partial charge in [0.2, 0.25) is 0 Å². The highest BCUT2D eigenvalue weighted by atomic mass is 32.2. The maximum atomic E-state index is 13.0. The molecule has 0 unspecified atom stereocenters. The Balaban J connectivity index is 2.03. The van der Waals surface area contributed by atoms with Crippen molar-refractivity contribution in [3.63, 3.8) is 0 Å². The number of nitrogens with zero attached hydrogens (tertiary/aromatic N) is 2. The third-order valence-corrected chi connectivity index (χ3v) is 7.14. The Morgan fingerprint density at radius 1 is 1.15 bits per heavy atom. The lowest BCUT2D eigenvalue weighted by atomic mass is 9.76. The first-order chi connectivity index (χ1) is 12.4. The van der Waals surface area contributed by atoms with E-state index < -0.39 is 44.1 Å². The van der Waals surface area contributed by atoms with E-state index >= 15 is 0 Å². The van der Waals surface area contributed by atoms with Gasteiger partial charge in [-0.15, -0.1) is 4.31 Å². The first kappa shape index (κ1) is 19.7. The Hall–Kier alpha value is -2.10. The average Bonchev–Trinajstić information content (AvgIpc) is 2.78. The predicted octanol–water partition coefficient (Wildman–Crippen LogP) is 3.24. The smallest absolute Gasteiger partial charge is 0.312 e. The molecule has 1 aromatic rings. The Morgan fingerprint density at radius 2 is 1.74 bits per heavy atom. The Kier molecular flexibility index (Phi) is 4.53. The van der Waals surface area contributed by atoms with Crippen molar-refractivity contribution < 1.29 is 31.2 Å². The van der Waals surface area contributed by atoms with Crippen LogP contribution in [0, 0.1) is 5.92 Å². The number of urea groups is 1. The molecule has 3 amide bonds. The summed E-state index contributed by atoms with van der Waals surface area (Å²) in [5.74, 6) is -0.541. The molecule has 1 aliphatic carbocycles. The lowest BCUT2D eigenvalue weighted by molar-refractivity contribution is -0.137. The van der Waals surface area contributed by atoms with Crippen molar-refractivity contribution in [2.45, 2.75) is 49.2 Å². The summed E-state index contributed by atoms with van der Waals surface area (Å²) < 4.78 is 64.6. The average molecular weight is 404 g/mol. The fourth-order valence-electron chi connectivity index (χ4n) is 3.68. The number of carbonyl (C=O) groups excluding carboxylic acids is 2. The minimum Gasteiger partial charge on any atom is -0.312 e. The van der Waals surface area contributed by atoms with Crippen molar-refractivity contribution in [3.8, 4) is 0 Å². The lowest BCUT2D eigenvalue weighted by Gasteiger charge is -2.38. The Morgan fingerprint density at radius 3 is 2.30 bits per heavy atom. The van der Waals surface area contributed by atoms with E-state index in [1.54, 1.807) is 0 Å². The van der Waals surface area contributed by atoms with E-state index in [1.807, 2.05) is 6.92 Å². The van der Waals surface area contributed by atoms with E-state index in [0.29, 0.717) is 37.7 Å². The quantitative estimate of drug-likeness (QED) is 0.710. The van der Waals surface area contributed by atoms with Crippen LogP contribution in [0.1, 0.15) is 38.2 Å². The van der Waals surface area contributed by atoms with Crippen LogP contribution in [0.3, 0.4) is 0 Å². The Labute approximate surface area is 155 Å². The maximum Gasteiger partial charge on any atom is 0.416 e. The summed E-state index contributed by atoms with van der Waals surface area (Å²) in [5.41, 5.74) is -2.42. The van der Waals surface area contributed by atoms with Gasteiger partial charge in [-0.25, -0.2) is 13.2 Å². The van der Waals surface area contributed by atoms with Crippen molar-refractivity contribution in [2.75, 3.05) is 7.05 Å².